The monoisotopic (exact) mass is 461 g/mol. The third-order valence-corrected chi connectivity index (χ3v) is 6.31. The van der Waals surface area contributed by atoms with Crippen molar-refractivity contribution in [2.24, 2.45) is 5.92 Å². The van der Waals surface area contributed by atoms with Crippen molar-refractivity contribution in [3.05, 3.63) is 77.4 Å². The van der Waals surface area contributed by atoms with Gasteiger partial charge in [-0.05, 0) is 29.2 Å². The molecule has 1 aliphatic rings. The van der Waals surface area contributed by atoms with E-state index in [1.807, 2.05) is 37.3 Å². The second-order valence-electron chi connectivity index (χ2n) is 9.21. The van der Waals surface area contributed by atoms with Gasteiger partial charge in [-0.3, -0.25) is 9.69 Å². The van der Waals surface area contributed by atoms with E-state index in [0.717, 1.165) is 55.6 Å². The van der Waals surface area contributed by atoms with Crippen molar-refractivity contribution in [3.63, 3.8) is 0 Å². The Morgan fingerprint density at radius 2 is 1.76 bits per heavy atom. The van der Waals surface area contributed by atoms with E-state index in [9.17, 15) is 4.79 Å². The second kappa shape index (κ2) is 11.3. The minimum absolute atomic E-state index is 0.0440. The van der Waals surface area contributed by atoms with Crippen molar-refractivity contribution in [2.75, 3.05) is 13.1 Å². The highest BCUT2D eigenvalue weighted by atomic mass is 16.5. The number of rotatable bonds is 9. The van der Waals surface area contributed by atoms with Gasteiger partial charge in [0.05, 0.1) is 6.04 Å². The van der Waals surface area contributed by atoms with Crippen LogP contribution in [0.3, 0.4) is 0 Å². The van der Waals surface area contributed by atoms with Crippen LogP contribution in [0.4, 0.5) is 0 Å². The van der Waals surface area contributed by atoms with Crippen LogP contribution in [0.1, 0.15) is 56.0 Å². The van der Waals surface area contributed by atoms with Crippen LogP contribution in [-0.4, -0.2) is 38.7 Å². The molecule has 0 spiro atoms. The van der Waals surface area contributed by atoms with E-state index < -0.39 is 0 Å². The number of nitrogens with one attached hydrogen (secondary N) is 1. The molecule has 1 atom stereocenters. The van der Waals surface area contributed by atoms with Crippen LogP contribution in [-0.2, 0) is 30.9 Å². The standard InChI is InChI=1S/C27H35N5O2/c1-4-25(33)28-26(20(2)3)27-30-29-24-14-15-31(16-17-32(24)27)18-21-10-12-23(13-11-21)34-19-22-8-6-5-7-9-22/h5-13,20,26H,4,14-19H2,1-3H3,(H,28,33). The van der Waals surface area contributed by atoms with Crippen LogP contribution in [0, 0.1) is 5.92 Å². The molecule has 4 rings (SSSR count). The lowest BCUT2D eigenvalue weighted by Gasteiger charge is -2.23. The van der Waals surface area contributed by atoms with Crippen molar-refractivity contribution >= 4 is 5.91 Å². The first-order valence-electron chi connectivity index (χ1n) is 12.2. The van der Waals surface area contributed by atoms with E-state index >= 15 is 0 Å². The summed E-state index contributed by atoms with van der Waals surface area (Å²) in [5.74, 6) is 3.04. The van der Waals surface area contributed by atoms with Crippen molar-refractivity contribution in [1.82, 2.24) is 25.0 Å². The third kappa shape index (κ3) is 6.03. The topological polar surface area (TPSA) is 72.3 Å². The lowest BCUT2D eigenvalue weighted by atomic mass is 10.0. The van der Waals surface area contributed by atoms with Gasteiger partial charge in [-0.2, -0.15) is 0 Å². The smallest absolute Gasteiger partial charge is 0.220 e. The fraction of sp³-hybridized carbons (Fsp3) is 0.444. The quantitative estimate of drug-likeness (QED) is 0.519. The Bertz CT molecular complexity index is 1060. The maximum absolute atomic E-state index is 12.1. The van der Waals surface area contributed by atoms with Gasteiger partial charge in [-0.25, -0.2) is 0 Å². The molecule has 1 aromatic heterocycles. The zero-order valence-corrected chi connectivity index (χ0v) is 20.4. The molecule has 0 saturated carbocycles. The lowest BCUT2D eigenvalue weighted by Crippen LogP contribution is -2.34. The molecule has 0 saturated heterocycles. The number of hydrogen-bond donors (Lipinski definition) is 1. The Labute approximate surface area is 202 Å². The summed E-state index contributed by atoms with van der Waals surface area (Å²) >= 11 is 0. The zero-order chi connectivity index (χ0) is 23.9. The summed E-state index contributed by atoms with van der Waals surface area (Å²) in [4.78, 5) is 14.5. The molecular formula is C27H35N5O2. The van der Waals surface area contributed by atoms with Gasteiger partial charge in [0, 0.05) is 39.0 Å². The largest absolute Gasteiger partial charge is 0.489 e. The normalized spacial score (nSPS) is 14.9. The van der Waals surface area contributed by atoms with Gasteiger partial charge in [0.15, 0.2) is 5.82 Å². The minimum Gasteiger partial charge on any atom is -0.489 e. The molecule has 2 aromatic carbocycles. The molecule has 1 amide bonds. The Morgan fingerprint density at radius 3 is 2.47 bits per heavy atom. The van der Waals surface area contributed by atoms with Gasteiger partial charge >= 0.3 is 0 Å². The molecule has 1 unspecified atom stereocenters. The minimum atomic E-state index is -0.122. The fourth-order valence-corrected chi connectivity index (χ4v) is 4.27. The molecular weight excluding hydrogens is 426 g/mol. The Balaban J connectivity index is 1.35. The van der Waals surface area contributed by atoms with Crippen LogP contribution < -0.4 is 10.1 Å². The molecule has 7 heteroatoms. The Morgan fingerprint density at radius 1 is 1.00 bits per heavy atom. The first kappa shape index (κ1) is 24.0. The Kier molecular flexibility index (Phi) is 7.95. The number of nitrogens with zero attached hydrogens (tertiary/aromatic N) is 4. The fourth-order valence-electron chi connectivity index (χ4n) is 4.27. The van der Waals surface area contributed by atoms with Crippen molar-refractivity contribution in [1.29, 1.82) is 0 Å². The van der Waals surface area contributed by atoms with E-state index in [1.54, 1.807) is 0 Å². The van der Waals surface area contributed by atoms with E-state index in [-0.39, 0.29) is 17.9 Å². The Hall–Kier alpha value is -3.19. The third-order valence-electron chi connectivity index (χ3n) is 6.31. The first-order valence-corrected chi connectivity index (χ1v) is 12.2. The molecule has 180 valence electrons. The van der Waals surface area contributed by atoms with Gasteiger partial charge in [0.1, 0.15) is 18.2 Å². The van der Waals surface area contributed by atoms with Gasteiger partial charge in [0.25, 0.3) is 0 Å². The number of carbonyl (C=O) groups excluding carboxylic acids is 1. The van der Waals surface area contributed by atoms with Crippen LogP contribution in [0.25, 0.3) is 0 Å². The molecule has 0 aliphatic carbocycles. The van der Waals surface area contributed by atoms with Crippen LogP contribution >= 0.6 is 0 Å². The molecule has 1 aliphatic heterocycles. The molecule has 3 aromatic rings. The molecule has 0 fully saturated rings. The highest BCUT2D eigenvalue weighted by Gasteiger charge is 2.27. The zero-order valence-electron chi connectivity index (χ0n) is 20.4. The molecule has 34 heavy (non-hydrogen) atoms. The lowest BCUT2D eigenvalue weighted by molar-refractivity contribution is -0.121. The average molecular weight is 462 g/mol. The van der Waals surface area contributed by atoms with Crippen molar-refractivity contribution in [2.45, 2.75) is 59.4 Å². The van der Waals surface area contributed by atoms with Gasteiger partial charge < -0.3 is 14.6 Å². The molecule has 7 nitrogen and oxygen atoms in total. The number of amides is 1. The van der Waals surface area contributed by atoms with Gasteiger partial charge in [-0.15, -0.1) is 10.2 Å². The number of carbonyl (C=O) groups is 1. The first-order chi connectivity index (χ1) is 16.5. The molecule has 1 N–H and O–H groups in total. The van der Waals surface area contributed by atoms with Crippen LogP contribution in [0.5, 0.6) is 5.75 Å². The van der Waals surface area contributed by atoms with E-state index in [2.05, 4.69) is 63.1 Å². The number of hydrogen-bond acceptors (Lipinski definition) is 5. The predicted molar refractivity (Wildman–Crippen MR) is 132 cm³/mol. The van der Waals surface area contributed by atoms with Crippen LogP contribution in [0.2, 0.25) is 0 Å². The summed E-state index contributed by atoms with van der Waals surface area (Å²) in [5.41, 5.74) is 2.43. The summed E-state index contributed by atoms with van der Waals surface area (Å²) in [7, 11) is 0. The van der Waals surface area contributed by atoms with Gasteiger partial charge in [-0.1, -0.05) is 63.2 Å². The summed E-state index contributed by atoms with van der Waals surface area (Å²) in [5, 5.41) is 12.1. The molecule has 0 radical (unpaired) electrons. The molecule has 2 heterocycles. The number of aromatic nitrogens is 3. The average Bonchev–Trinajstić information content (AvgIpc) is 3.15. The number of benzene rings is 2. The second-order valence-corrected chi connectivity index (χ2v) is 9.21. The predicted octanol–water partition coefficient (Wildman–Crippen LogP) is 4.14. The number of fused-ring (bicyclic) bond motifs is 1. The van der Waals surface area contributed by atoms with Crippen LogP contribution in [0.15, 0.2) is 54.6 Å². The van der Waals surface area contributed by atoms with Crippen molar-refractivity contribution < 1.29 is 9.53 Å². The maximum atomic E-state index is 12.1. The van der Waals surface area contributed by atoms with Crippen molar-refractivity contribution in [3.8, 4) is 5.75 Å². The maximum Gasteiger partial charge on any atom is 0.220 e. The van der Waals surface area contributed by atoms with Gasteiger partial charge in [0.2, 0.25) is 5.91 Å². The number of ether oxygens (including phenoxy) is 1. The summed E-state index contributed by atoms with van der Waals surface area (Å²) in [6, 6.07) is 18.5. The highest BCUT2D eigenvalue weighted by Crippen LogP contribution is 2.23. The molecule has 0 bridgehead atoms. The van der Waals surface area contributed by atoms with E-state index in [0.29, 0.717) is 13.0 Å². The summed E-state index contributed by atoms with van der Waals surface area (Å²) in [6.07, 6.45) is 1.31. The summed E-state index contributed by atoms with van der Waals surface area (Å²) < 4.78 is 8.13. The van der Waals surface area contributed by atoms with E-state index in [1.165, 1.54) is 5.56 Å². The summed E-state index contributed by atoms with van der Waals surface area (Å²) in [6.45, 7) is 10.2. The SMILES string of the molecule is CCC(=O)NC(c1nnc2n1CCN(Cc1ccc(OCc3ccccc3)cc1)CC2)C(C)C. The van der Waals surface area contributed by atoms with E-state index in [4.69, 9.17) is 4.74 Å². The highest BCUT2D eigenvalue weighted by molar-refractivity contribution is 5.75.